The Balaban J connectivity index is 2.26. The predicted octanol–water partition coefficient (Wildman–Crippen LogP) is -0.281. The lowest BCUT2D eigenvalue weighted by molar-refractivity contribution is 0.0953. The predicted molar refractivity (Wildman–Crippen MR) is 62.7 cm³/mol. The molecule has 0 fully saturated rings. The molecule has 0 aliphatic heterocycles. The van der Waals surface area contributed by atoms with Crippen LogP contribution in [0.2, 0.25) is 0 Å². The average molecular weight is 239 g/mol. The average Bonchev–Trinajstić information content (AvgIpc) is 2.70. The summed E-state index contributed by atoms with van der Waals surface area (Å²) in [5.41, 5.74) is 1.24. The van der Waals surface area contributed by atoms with Crippen molar-refractivity contribution < 1.29 is 9.59 Å². The molecule has 0 saturated heterocycles. The highest BCUT2D eigenvalue weighted by molar-refractivity contribution is 5.94. The van der Waals surface area contributed by atoms with Crippen molar-refractivity contribution in [1.29, 1.82) is 0 Å². The van der Waals surface area contributed by atoms with Gasteiger partial charge in [0.2, 0.25) is 0 Å². The number of carbonyl (C=O) groups is 2. The molecule has 1 aromatic rings. The number of nitrogens with one attached hydrogen (secondary N) is 3. The van der Waals surface area contributed by atoms with Gasteiger partial charge >= 0.3 is 6.03 Å². The minimum atomic E-state index is -0.199. The van der Waals surface area contributed by atoms with Gasteiger partial charge in [-0.3, -0.25) is 9.89 Å². The summed E-state index contributed by atoms with van der Waals surface area (Å²) in [7, 11) is 3.31. The van der Waals surface area contributed by atoms with Gasteiger partial charge in [-0.1, -0.05) is 0 Å². The maximum absolute atomic E-state index is 11.6. The summed E-state index contributed by atoms with van der Waals surface area (Å²) < 4.78 is 0. The maximum atomic E-state index is 11.6. The van der Waals surface area contributed by atoms with Crippen LogP contribution >= 0.6 is 0 Å². The first kappa shape index (κ1) is 13.0. The van der Waals surface area contributed by atoms with E-state index in [1.807, 2.05) is 0 Å². The molecule has 7 heteroatoms. The van der Waals surface area contributed by atoms with Crippen LogP contribution in [0.1, 0.15) is 16.1 Å². The lowest BCUT2D eigenvalue weighted by atomic mass is 10.2. The fourth-order valence-electron chi connectivity index (χ4n) is 1.18. The SMILES string of the molecule is Cc1[nH]ncc1C(=O)NCCNC(=O)N(C)C. The number of nitrogens with zero attached hydrogens (tertiary/aromatic N) is 2. The van der Waals surface area contributed by atoms with Crippen molar-refractivity contribution >= 4 is 11.9 Å². The molecular weight excluding hydrogens is 222 g/mol. The van der Waals surface area contributed by atoms with Gasteiger partial charge < -0.3 is 15.5 Å². The molecule has 0 radical (unpaired) electrons. The number of aromatic nitrogens is 2. The summed E-state index contributed by atoms with van der Waals surface area (Å²) in [6.07, 6.45) is 1.48. The van der Waals surface area contributed by atoms with Crippen LogP contribution in [0.25, 0.3) is 0 Å². The van der Waals surface area contributed by atoms with Crippen molar-refractivity contribution in [1.82, 2.24) is 25.7 Å². The quantitative estimate of drug-likeness (QED) is 0.631. The van der Waals surface area contributed by atoms with Crippen molar-refractivity contribution in [2.24, 2.45) is 0 Å². The summed E-state index contributed by atoms with van der Waals surface area (Å²) in [4.78, 5) is 24.2. The molecule has 0 aromatic carbocycles. The minimum absolute atomic E-state index is 0.182. The largest absolute Gasteiger partial charge is 0.350 e. The third-order valence-electron chi connectivity index (χ3n) is 2.17. The van der Waals surface area contributed by atoms with Crippen LogP contribution in [0, 0.1) is 6.92 Å². The van der Waals surface area contributed by atoms with E-state index in [-0.39, 0.29) is 11.9 Å². The second-order valence-corrected chi connectivity index (χ2v) is 3.79. The summed E-state index contributed by atoms with van der Waals surface area (Å²) in [5, 5.41) is 11.8. The Labute approximate surface area is 99.6 Å². The Morgan fingerprint density at radius 2 is 2.00 bits per heavy atom. The fraction of sp³-hybridized carbons (Fsp3) is 0.500. The number of H-pyrrole nitrogens is 1. The smallest absolute Gasteiger partial charge is 0.316 e. The molecule has 0 spiro atoms. The Bertz CT molecular complexity index is 399. The molecule has 7 nitrogen and oxygen atoms in total. The van der Waals surface area contributed by atoms with E-state index in [0.717, 1.165) is 5.69 Å². The highest BCUT2D eigenvalue weighted by Gasteiger charge is 2.09. The van der Waals surface area contributed by atoms with Gasteiger partial charge in [-0.2, -0.15) is 5.10 Å². The molecule has 1 heterocycles. The monoisotopic (exact) mass is 239 g/mol. The van der Waals surface area contributed by atoms with Gasteiger partial charge in [0.25, 0.3) is 5.91 Å². The van der Waals surface area contributed by atoms with Gasteiger partial charge in [0.15, 0.2) is 0 Å². The number of hydrogen-bond acceptors (Lipinski definition) is 3. The van der Waals surface area contributed by atoms with Crippen LogP contribution < -0.4 is 10.6 Å². The van der Waals surface area contributed by atoms with Crippen molar-refractivity contribution in [2.45, 2.75) is 6.92 Å². The summed E-state index contributed by atoms with van der Waals surface area (Å²) in [5.74, 6) is -0.199. The van der Waals surface area contributed by atoms with E-state index in [9.17, 15) is 9.59 Å². The topological polar surface area (TPSA) is 90.1 Å². The number of amides is 3. The second-order valence-electron chi connectivity index (χ2n) is 3.79. The highest BCUT2D eigenvalue weighted by Crippen LogP contribution is 2.00. The summed E-state index contributed by atoms with van der Waals surface area (Å²) in [6, 6.07) is -0.182. The zero-order valence-corrected chi connectivity index (χ0v) is 10.2. The molecule has 17 heavy (non-hydrogen) atoms. The molecule has 0 saturated carbocycles. The molecular formula is C10H17N5O2. The van der Waals surface area contributed by atoms with Gasteiger partial charge in [0, 0.05) is 32.9 Å². The van der Waals surface area contributed by atoms with Gasteiger partial charge in [-0.25, -0.2) is 4.79 Å². The van der Waals surface area contributed by atoms with Crippen LogP contribution in [0.3, 0.4) is 0 Å². The van der Waals surface area contributed by atoms with Crippen LogP contribution in [0.5, 0.6) is 0 Å². The van der Waals surface area contributed by atoms with Crippen LogP contribution in [0.15, 0.2) is 6.20 Å². The first-order valence-corrected chi connectivity index (χ1v) is 5.25. The maximum Gasteiger partial charge on any atom is 0.316 e. The highest BCUT2D eigenvalue weighted by atomic mass is 16.2. The van der Waals surface area contributed by atoms with Crippen molar-refractivity contribution in [3.63, 3.8) is 0 Å². The number of carbonyl (C=O) groups excluding carboxylic acids is 2. The molecule has 0 aliphatic carbocycles. The molecule has 0 atom stereocenters. The number of rotatable bonds is 4. The van der Waals surface area contributed by atoms with Gasteiger partial charge in [-0.15, -0.1) is 0 Å². The molecule has 0 unspecified atom stereocenters. The van der Waals surface area contributed by atoms with Gasteiger partial charge in [-0.05, 0) is 6.92 Å². The van der Waals surface area contributed by atoms with Crippen LogP contribution in [0.4, 0.5) is 4.79 Å². The molecule has 94 valence electrons. The van der Waals surface area contributed by atoms with E-state index in [1.165, 1.54) is 11.1 Å². The second kappa shape index (κ2) is 5.88. The van der Waals surface area contributed by atoms with Crippen molar-refractivity contribution in [3.05, 3.63) is 17.5 Å². The van der Waals surface area contributed by atoms with E-state index in [1.54, 1.807) is 21.0 Å². The normalized spacial score (nSPS) is 9.82. The summed E-state index contributed by atoms with van der Waals surface area (Å²) >= 11 is 0. The number of urea groups is 1. The Morgan fingerprint density at radius 3 is 2.53 bits per heavy atom. The lowest BCUT2D eigenvalue weighted by Crippen LogP contribution is -2.39. The first-order valence-electron chi connectivity index (χ1n) is 5.25. The minimum Gasteiger partial charge on any atom is -0.350 e. The molecule has 0 aliphatic rings. The zero-order chi connectivity index (χ0) is 12.8. The molecule has 0 bridgehead atoms. The lowest BCUT2D eigenvalue weighted by Gasteiger charge is -2.12. The molecule has 1 aromatic heterocycles. The standard InChI is InChI=1S/C10H17N5O2/c1-7-8(6-13-14-7)9(16)11-4-5-12-10(17)15(2)3/h6H,4-5H2,1-3H3,(H,11,16)(H,12,17)(H,13,14). The van der Waals surface area contributed by atoms with Crippen LogP contribution in [-0.2, 0) is 0 Å². The van der Waals surface area contributed by atoms with E-state index >= 15 is 0 Å². The number of hydrogen-bond donors (Lipinski definition) is 3. The number of aromatic amines is 1. The van der Waals surface area contributed by atoms with Gasteiger partial charge in [0.05, 0.1) is 11.8 Å². The van der Waals surface area contributed by atoms with E-state index in [2.05, 4.69) is 20.8 Å². The zero-order valence-electron chi connectivity index (χ0n) is 10.2. The van der Waals surface area contributed by atoms with Crippen molar-refractivity contribution in [3.8, 4) is 0 Å². The third kappa shape index (κ3) is 3.78. The molecule has 3 N–H and O–H groups in total. The van der Waals surface area contributed by atoms with E-state index < -0.39 is 0 Å². The number of aryl methyl sites for hydroxylation is 1. The Hall–Kier alpha value is -2.05. The molecule has 3 amide bonds. The summed E-state index contributed by atoms with van der Waals surface area (Å²) in [6.45, 7) is 2.54. The fourth-order valence-corrected chi connectivity index (χ4v) is 1.18. The first-order chi connectivity index (χ1) is 8.02. The molecule has 1 rings (SSSR count). The van der Waals surface area contributed by atoms with E-state index in [4.69, 9.17) is 0 Å². The van der Waals surface area contributed by atoms with Crippen LogP contribution in [-0.4, -0.2) is 54.2 Å². The van der Waals surface area contributed by atoms with Gasteiger partial charge in [0.1, 0.15) is 0 Å². The van der Waals surface area contributed by atoms with E-state index in [0.29, 0.717) is 18.7 Å². The van der Waals surface area contributed by atoms with Crippen molar-refractivity contribution in [2.75, 3.05) is 27.2 Å². The Kier molecular flexibility index (Phi) is 4.50. The third-order valence-corrected chi connectivity index (χ3v) is 2.17. The Morgan fingerprint density at radius 1 is 1.35 bits per heavy atom.